The van der Waals surface area contributed by atoms with E-state index in [1.807, 2.05) is 26.0 Å². The lowest BCUT2D eigenvalue weighted by Gasteiger charge is -2.38. The molecule has 2 amide bonds. The van der Waals surface area contributed by atoms with Crippen LogP contribution in [0, 0.1) is 0 Å². The first-order chi connectivity index (χ1) is 10.1. The maximum atomic E-state index is 12.6. The summed E-state index contributed by atoms with van der Waals surface area (Å²) >= 11 is 3.34. The second-order valence-electron chi connectivity index (χ2n) is 5.21. The molecule has 0 saturated carbocycles. The summed E-state index contributed by atoms with van der Waals surface area (Å²) in [5, 5.41) is 2.83. The third-order valence-electron chi connectivity index (χ3n) is 3.66. The second kappa shape index (κ2) is 7.02. The Labute approximate surface area is 133 Å². The summed E-state index contributed by atoms with van der Waals surface area (Å²) in [5.41, 5.74) is 0.787. The van der Waals surface area contributed by atoms with Crippen molar-refractivity contribution in [2.24, 2.45) is 0 Å². The van der Waals surface area contributed by atoms with Crippen LogP contribution in [-0.2, 0) is 16.1 Å². The van der Waals surface area contributed by atoms with Gasteiger partial charge in [-0.05, 0) is 40.9 Å². The van der Waals surface area contributed by atoms with Gasteiger partial charge in [-0.15, -0.1) is 0 Å². The molecule has 1 fully saturated rings. The molecule has 21 heavy (non-hydrogen) atoms. The van der Waals surface area contributed by atoms with Crippen LogP contribution in [0.3, 0.4) is 0 Å². The van der Waals surface area contributed by atoms with E-state index >= 15 is 0 Å². The first kappa shape index (κ1) is 15.9. The lowest BCUT2D eigenvalue weighted by atomic mass is 10.0. The molecule has 2 rings (SSSR count). The van der Waals surface area contributed by atoms with E-state index < -0.39 is 12.1 Å². The SMILES string of the molecule is CCCC1NC(=O)C(CC)N(Cc2ccc(Br)cn2)C1=O. The predicted octanol–water partition coefficient (Wildman–Crippen LogP) is 2.25. The number of halogens is 1. The number of hydrogen-bond donors (Lipinski definition) is 1. The van der Waals surface area contributed by atoms with E-state index in [0.717, 1.165) is 16.6 Å². The molecule has 0 radical (unpaired) electrons. The van der Waals surface area contributed by atoms with Crippen LogP contribution in [0.15, 0.2) is 22.8 Å². The molecule has 0 bridgehead atoms. The van der Waals surface area contributed by atoms with Gasteiger partial charge in [0.2, 0.25) is 11.8 Å². The van der Waals surface area contributed by atoms with Crippen molar-refractivity contribution in [2.75, 3.05) is 0 Å². The van der Waals surface area contributed by atoms with Crippen molar-refractivity contribution in [3.8, 4) is 0 Å². The number of nitrogens with zero attached hydrogens (tertiary/aromatic N) is 2. The molecular weight excluding hydrogens is 334 g/mol. The maximum Gasteiger partial charge on any atom is 0.246 e. The standard InChI is InChI=1S/C15H20BrN3O2/c1-3-5-12-15(21)19(13(4-2)14(20)18-12)9-11-7-6-10(16)8-17-11/h6-8,12-13H,3-5,9H2,1-2H3,(H,18,20). The van der Waals surface area contributed by atoms with E-state index in [-0.39, 0.29) is 11.8 Å². The minimum absolute atomic E-state index is 0.00646. The Balaban J connectivity index is 2.20. The van der Waals surface area contributed by atoms with E-state index in [2.05, 4.69) is 26.2 Å². The van der Waals surface area contributed by atoms with Crippen LogP contribution in [0.1, 0.15) is 38.8 Å². The zero-order valence-electron chi connectivity index (χ0n) is 12.3. The molecule has 0 aliphatic carbocycles. The lowest BCUT2D eigenvalue weighted by Crippen LogP contribution is -2.62. The minimum Gasteiger partial charge on any atom is -0.343 e. The molecule has 5 nitrogen and oxygen atoms in total. The Morgan fingerprint density at radius 2 is 2.10 bits per heavy atom. The molecular formula is C15H20BrN3O2. The van der Waals surface area contributed by atoms with Crippen molar-refractivity contribution in [1.29, 1.82) is 0 Å². The van der Waals surface area contributed by atoms with E-state index in [4.69, 9.17) is 0 Å². The number of hydrogen-bond acceptors (Lipinski definition) is 3. The summed E-state index contributed by atoms with van der Waals surface area (Å²) in [6.07, 6.45) is 3.84. The number of carbonyl (C=O) groups is 2. The molecule has 6 heteroatoms. The molecule has 0 aromatic carbocycles. The summed E-state index contributed by atoms with van der Waals surface area (Å²) in [5.74, 6) is -0.0688. The summed E-state index contributed by atoms with van der Waals surface area (Å²) in [6, 6.07) is 2.95. The van der Waals surface area contributed by atoms with Gasteiger partial charge >= 0.3 is 0 Å². The molecule has 1 N–H and O–H groups in total. The smallest absolute Gasteiger partial charge is 0.246 e. The van der Waals surface area contributed by atoms with Gasteiger partial charge in [-0.25, -0.2) is 0 Å². The fourth-order valence-electron chi connectivity index (χ4n) is 2.58. The van der Waals surface area contributed by atoms with Gasteiger partial charge in [0, 0.05) is 10.7 Å². The zero-order chi connectivity index (χ0) is 15.4. The third kappa shape index (κ3) is 3.61. The zero-order valence-corrected chi connectivity index (χ0v) is 13.9. The highest BCUT2D eigenvalue weighted by Crippen LogP contribution is 2.19. The molecule has 1 aromatic rings. The number of rotatable bonds is 5. The fourth-order valence-corrected chi connectivity index (χ4v) is 2.81. The van der Waals surface area contributed by atoms with Gasteiger partial charge in [-0.1, -0.05) is 20.3 Å². The van der Waals surface area contributed by atoms with Gasteiger partial charge in [0.15, 0.2) is 0 Å². The van der Waals surface area contributed by atoms with Crippen molar-refractivity contribution >= 4 is 27.7 Å². The van der Waals surface area contributed by atoms with Crippen molar-refractivity contribution in [2.45, 2.75) is 51.7 Å². The molecule has 2 atom stereocenters. The van der Waals surface area contributed by atoms with Crippen LogP contribution in [0.2, 0.25) is 0 Å². The topological polar surface area (TPSA) is 62.3 Å². The number of carbonyl (C=O) groups excluding carboxylic acids is 2. The highest BCUT2D eigenvalue weighted by Gasteiger charge is 2.39. The fraction of sp³-hybridized carbons (Fsp3) is 0.533. The number of amides is 2. The quantitative estimate of drug-likeness (QED) is 0.882. The number of pyridine rings is 1. The van der Waals surface area contributed by atoms with E-state index in [9.17, 15) is 9.59 Å². The second-order valence-corrected chi connectivity index (χ2v) is 6.12. The van der Waals surface area contributed by atoms with Crippen molar-refractivity contribution in [1.82, 2.24) is 15.2 Å². The van der Waals surface area contributed by atoms with Crippen molar-refractivity contribution < 1.29 is 9.59 Å². The van der Waals surface area contributed by atoms with Gasteiger partial charge in [-0.3, -0.25) is 14.6 Å². The number of nitrogens with one attached hydrogen (secondary N) is 1. The predicted molar refractivity (Wildman–Crippen MR) is 83.4 cm³/mol. The Morgan fingerprint density at radius 1 is 1.33 bits per heavy atom. The molecule has 0 spiro atoms. The first-order valence-electron chi connectivity index (χ1n) is 7.28. The highest BCUT2D eigenvalue weighted by molar-refractivity contribution is 9.10. The van der Waals surface area contributed by atoms with Crippen molar-refractivity contribution in [3.05, 3.63) is 28.5 Å². The maximum absolute atomic E-state index is 12.6. The number of piperazine rings is 1. The van der Waals surface area contributed by atoms with Gasteiger partial charge < -0.3 is 10.2 Å². The summed E-state index contributed by atoms with van der Waals surface area (Å²) in [6.45, 7) is 4.30. The molecule has 2 heterocycles. The Morgan fingerprint density at radius 3 is 2.67 bits per heavy atom. The summed E-state index contributed by atoms with van der Waals surface area (Å²) in [7, 11) is 0. The van der Waals surface area contributed by atoms with Gasteiger partial charge in [-0.2, -0.15) is 0 Å². The van der Waals surface area contributed by atoms with Crippen LogP contribution in [0.5, 0.6) is 0 Å². The largest absolute Gasteiger partial charge is 0.343 e. The Bertz CT molecular complexity index is 518. The normalized spacial score (nSPS) is 22.3. The molecule has 114 valence electrons. The van der Waals surface area contributed by atoms with E-state index in [1.54, 1.807) is 11.1 Å². The number of aromatic nitrogens is 1. The first-order valence-corrected chi connectivity index (χ1v) is 8.07. The summed E-state index contributed by atoms with van der Waals surface area (Å²) < 4.78 is 0.893. The third-order valence-corrected chi connectivity index (χ3v) is 4.13. The average Bonchev–Trinajstić information content (AvgIpc) is 2.47. The van der Waals surface area contributed by atoms with Crippen LogP contribution in [0.4, 0.5) is 0 Å². The van der Waals surface area contributed by atoms with Crippen molar-refractivity contribution in [3.63, 3.8) is 0 Å². The van der Waals surface area contributed by atoms with E-state index in [0.29, 0.717) is 19.4 Å². The van der Waals surface area contributed by atoms with Crippen LogP contribution >= 0.6 is 15.9 Å². The van der Waals surface area contributed by atoms with Gasteiger partial charge in [0.05, 0.1) is 12.2 Å². The molecule has 1 aromatic heterocycles. The van der Waals surface area contributed by atoms with E-state index in [1.165, 1.54) is 0 Å². The lowest BCUT2D eigenvalue weighted by molar-refractivity contribution is -0.150. The molecule has 2 unspecified atom stereocenters. The van der Waals surface area contributed by atoms with Gasteiger partial charge in [0.1, 0.15) is 12.1 Å². The molecule has 1 aliphatic rings. The Kier molecular flexibility index (Phi) is 5.33. The molecule has 1 saturated heterocycles. The Hall–Kier alpha value is -1.43. The van der Waals surface area contributed by atoms with Gasteiger partial charge in [0.25, 0.3) is 0 Å². The van der Waals surface area contributed by atoms with Crippen LogP contribution in [-0.4, -0.2) is 33.8 Å². The van der Waals surface area contributed by atoms with Crippen LogP contribution < -0.4 is 5.32 Å². The monoisotopic (exact) mass is 353 g/mol. The summed E-state index contributed by atoms with van der Waals surface area (Å²) in [4.78, 5) is 30.7. The minimum atomic E-state index is -0.406. The molecule has 1 aliphatic heterocycles. The highest BCUT2D eigenvalue weighted by atomic mass is 79.9. The average molecular weight is 354 g/mol. The van der Waals surface area contributed by atoms with Crippen LogP contribution in [0.25, 0.3) is 0 Å².